The van der Waals surface area contributed by atoms with Gasteiger partial charge in [0.05, 0.1) is 12.7 Å². The zero-order valence-electron chi connectivity index (χ0n) is 12.0. The average Bonchev–Trinajstić information content (AvgIpc) is 3.32. The van der Waals surface area contributed by atoms with E-state index in [1.807, 2.05) is 12.1 Å². The van der Waals surface area contributed by atoms with Crippen LogP contribution in [0, 0.1) is 11.3 Å². The van der Waals surface area contributed by atoms with Crippen LogP contribution in [0.5, 0.6) is 5.88 Å². The van der Waals surface area contributed by atoms with Crippen LogP contribution in [-0.4, -0.2) is 26.7 Å². The van der Waals surface area contributed by atoms with Crippen molar-refractivity contribution in [2.24, 2.45) is 0 Å². The lowest BCUT2D eigenvalue weighted by molar-refractivity contribution is 0.385. The second-order valence-electron chi connectivity index (χ2n) is 5.34. The summed E-state index contributed by atoms with van der Waals surface area (Å²) >= 11 is 0. The van der Waals surface area contributed by atoms with Gasteiger partial charge >= 0.3 is 0 Å². The monoisotopic (exact) mass is 291 g/mol. The number of pyridine rings is 2. The van der Waals surface area contributed by atoms with Crippen LogP contribution >= 0.6 is 0 Å². The fourth-order valence-corrected chi connectivity index (χ4v) is 2.50. The molecule has 3 aromatic rings. The fourth-order valence-electron chi connectivity index (χ4n) is 2.50. The molecule has 0 atom stereocenters. The highest BCUT2D eigenvalue weighted by Crippen LogP contribution is 2.39. The first kappa shape index (κ1) is 12.8. The summed E-state index contributed by atoms with van der Waals surface area (Å²) in [6.45, 7) is 0. The van der Waals surface area contributed by atoms with Gasteiger partial charge in [0.2, 0.25) is 5.88 Å². The minimum Gasteiger partial charge on any atom is -0.481 e. The van der Waals surface area contributed by atoms with Crippen LogP contribution in [0.15, 0.2) is 30.6 Å². The van der Waals surface area contributed by atoms with E-state index in [0.717, 1.165) is 35.4 Å². The van der Waals surface area contributed by atoms with Gasteiger partial charge in [0.15, 0.2) is 11.5 Å². The molecule has 0 bridgehead atoms. The van der Waals surface area contributed by atoms with E-state index in [2.05, 4.69) is 21.1 Å². The second kappa shape index (κ2) is 4.81. The lowest BCUT2D eigenvalue weighted by atomic mass is 10.1. The molecule has 1 saturated carbocycles. The minimum absolute atomic E-state index is 0.459. The predicted octanol–water partition coefficient (Wildman–Crippen LogP) is 2.55. The molecule has 0 saturated heterocycles. The number of nitrogens with zero attached hydrogens (tertiary/aromatic N) is 5. The van der Waals surface area contributed by atoms with E-state index in [0.29, 0.717) is 17.4 Å². The van der Waals surface area contributed by atoms with E-state index in [1.165, 1.54) is 0 Å². The summed E-state index contributed by atoms with van der Waals surface area (Å²) in [6, 6.07) is 7.70. The first-order valence-electron chi connectivity index (χ1n) is 7.09. The molecule has 6 nitrogen and oxygen atoms in total. The van der Waals surface area contributed by atoms with Crippen LogP contribution in [0.3, 0.4) is 0 Å². The van der Waals surface area contributed by atoms with Gasteiger partial charge in [-0.25, -0.2) is 4.98 Å². The van der Waals surface area contributed by atoms with Crippen molar-refractivity contribution in [3.05, 3.63) is 42.0 Å². The number of hydrogen-bond acceptors (Lipinski definition) is 5. The van der Waals surface area contributed by atoms with E-state index in [4.69, 9.17) is 10.00 Å². The maximum absolute atomic E-state index is 9.05. The average molecular weight is 291 g/mol. The molecule has 0 aromatic carbocycles. The summed E-state index contributed by atoms with van der Waals surface area (Å²) in [5, 5.41) is 13.6. The van der Waals surface area contributed by atoms with Crippen LogP contribution < -0.4 is 4.74 Å². The predicted molar refractivity (Wildman–Crippen MR) is 79.5 cm³/mol. The van der Waals surface area contributed by atoms with Crippen LogP contribution in [0.25, 0.3) is 16.8 Å². The Morgan fingerprint density at radius 3 is 2.91 bits per heavy atom. The van der Waals surface area contributed by atoms with Crippen molar-refractivity contribution < 1.29 is 4.74 Å². The number of rotatable bonds is 3. The molecular formula is C16H13N5O. The quantitative estimate of drug-likeness (QED) is 0.741. The molecule has 0 radical (unpaired) electrons. The molecule has 1 aliphatic carbocycles. The number of hydrogen-bond donors (Lipinski definition) is 0. The first-order valence-corrected chi connectivity index (χ1v) is 7.09. The van der Waals surface area contributed by atoms with Crippen molar-refractivity contribution in [2.45, 2.75) is 18.8 Å². The molecule has 3 aromatic heterocycles. The lowest BCUT2D eigenvalue weighted by Gasteiger charge is -2.06. The van der Waals surface area contributed by atoms with E-state index in [-0.39, 0.29) is 0 Å². The maximum atomic E-state index is 9.05. The Hall–Kier alpha value is -2.94. The smallest absolute Gasteiger partial charge is 0.216 e. The van der Waals surface area contributed by atoms with Crippen LogP contribution in [0.1, 0.15) is 30.1 Å². The van der Waals surface area contributed by atoms with Crippen molar-refractivity contribution in [2.75, 3.05) is 7.11 Å². The third-order valence-electron chi connectivity index (χ3n) is 3.80. The van der Waals surface area contributed by atoms with Crippen molar-refractivity contribution in [1.82, 2.24) is 19.6 Å². The highest BCUT2D eigenvalue weighted by molar-refractivity contribution is 5.78. The Morgan fingerprint density at radius 1 is 1.32 bits per heavy atom. The van der Waals surface area contributed by atoms with Gasteiger partial charge in [0, 0.05) is 35.5 Å². The largest absolute Gasteiger partial charge is 0.481 e. The minimum atomic E-state index is 0.459. The molecule has 0 unspecified atom stereocenters. The van der Waals surface area contributed by atoms with Gasteiger partial charge in [-0.15, -0.1) is 5.10 Å². The standard InChI is InChI=1S/C16H13N5O/c1-22-14-5-4-13(12-6-10(7-17)8-18-9-12)16-19-15(11-2-3-11)20-21(14)16/h4-6,8-9,11H,2-3H2,1H3. The molecule has 0 N–H and O–H groups in total. The summed E-state index contributed by atoms with van der Waals surface area (Å²) in [4.78, 5) is 8.80. The normalized spacial score (nSPS) is 14.0. The summed E-state index contributed by atoms with van der Waals surface area (Å²) < 4.78 is 7.09. The van der Waals surface area contributed by atoms with Gasteiger partial charge in [-0.2, -0.15) is 9.78 Å². The van der Waals surface area contributed by atoms with Crippen molar-refractivity contribution in [1.29, 1.82) is 5.26 Å². The molecule has 108 valence electrons. The summed E-state index contributed by atoms with van der Waals surface area (Å²) in [5.41, 5.74) is 3.00. The maximum Gasteiger partial charge on any atom is 0.216 e. The Labute approximate surface area is 127 Å². The third-order valence-corrected chi connectivity index (χ3v) is 3.80. The Morgan fingerprint density at radius 2 is 2.18 bits per heavy atom. The van der Waals surface area contributed by atoms with Gasteiger partial charge < -0.3 is 4.74 Å². The van der Waals surface area contributed by atoms with Gasteiger partial charge in [0.25, 0.3) is 0 Å². The molecule has 3 heterocycles. The van der Waals surface area contributed by atoms with Gasteiger partial charge in [0.1, 0.15) is 6.07 Å². The molecule has 1 fully saturated rings. The van der Waals surface area contributed by atoms with Crippen molar-refractivity contribution in [3.8, 4) is 23.1 Å². The van der Waals surface area contributed by atoms with E-state index in [1.54, 1.807) is 30.1 Å². The number of methoxy groups -OCH3 is 1. The molecule has 6 heteroatoms. The number of ether oxygens (including phenoxy) is 1. The van der Waals surface area contributed by atoms with Gasteiger partial charge in [-0.05, 0) is 25.0 Å². The zero-order valence-corrected chi connectivity index (χ0v) is 12.0. The molecule has 22 heavy (non-hydrogen) atoms. The lowest BCUT2D eigenvalue weighted by Crippen LogP contribution is -1.97. The molecular weight excluding hydrogens is 278 g/mol. The molecule has 0 spiro atoms. The number of fused-ring (bicyclic) bond motifs is 1. The molecule has 1 aliphatic rings. The van der Waals surface area contributed by atoms with Crippen LogP contribution in [0.2, 0.25) is 0 Å². The summed E-state index contributed by atoms with van der Waals surface area (Å²) in [5.74, 6) is 1.96. The second-order valence-corrected chi connectivity index (χ2v) is 5.34. The van der Waals surface area contributed by atoms with E-state index >= 15 is 0 Å². The first-order chi connectivity index (χ1) is 10.8. The Kier molecular flexibility index (Phi) is 2.79. The van der Waals surface area contributed by atoms with Crippen molar-refractivity contribution in [3.63, 3.8) is 0 Å². The molecule has 4 rings (SSSR count). The van der Waals surface area contributed by atoms with Crippen molar-refractivity contribution >= 4 is 5.65 Å². The Bertz CT molecular complexity index is 905. The highest BCUT2D eigenvalue weighted by atomic mass is 16.5. The topological polar surface area (TPSA) is 76.1 Å². The summed E-state index contributed by atoms with van der Waals surface area (Å²) in [7, 11) is 1.62. The summed E-state index contributed by atoms with van der Waals surface area (Å²) in [6.07, 6.45) is 5.55. The third kappa shape index (κ3) is 1.99. The Balaban J connectivity index is 1.95. The molecule has 0 aliphatic heterocycles. The number of nitriles is 1. The molecule has 0 amide bonds. The van der Waals surface area contributed by atoms with E-state index < -0.39 is 0 Å². The van der Waals surface area contributed by atoms with Gasteiger partial charge in [-0.1, -0.05) is 0 Å². The SMILES string of the molecule is COc1ccc(-c2cncc(C#N)c2)c2nc(C3CC3)nn12. The van der Waals surface area contributed by atoms with E-state index in [9.17, 15) is 0 Å². The van der Waals surface area contributed by atoms with Gasteiger partial charge in [-0.3, -0.25) is 4.98 Å². The van der Waals surface area contributed by atoms with Crippen LogP contribution in [-0.2, 0) is 0 Å². The zero-order chi connectivity index (χ0) is 15.1. The van der Waals surface area contributed by atoms with Crippen LogP contribution in [0.4, 0.5) is 0 Å². The number of aromatic nitrogens is 4. The fraction of sp³-hybridized carbons (Fsp3) is 0.250. The highest BCUT2D eigenvalue weighted by Gasteiger charge is 2.29.